The molecule has 6 nitrogen and oxygen atoms in total. The van der Waals surface area contributed by atoms with Crippen molar-refractivity contribution in [2.45, 2.75) is 4.90 Å². The second kappa shape index (κ2) is 4.80. The molecule has 0 aromatic heterocycles. The molecule has 0 saturated heterocycles. The van der Waals surface area contributed by atoms with E-state index < -0.39 is 21.8 Å². The van der Waals surface area contributed by atoms with Gasteiger partial charge in [0.25, 0.3) is 11.8 Å². The van der Waals surface area contributed by atoms with Crippen molar-refractivity contribution in [3.63, 3.8) is 0 Å². The van der Waals surface area contributed by atoms with Gasteiger partial charge < -0.3 is 0 Å². The Labute approximate surface area is 132 Å². The lowest BCUT2D eigenvalue weighted by atomic mass is 9.95. The van der Waals surface area contributed by atoms with Crippen LogP contribution in [0.25, 0.3) is 10.8 Å². The number of imide groups is 1. The molecule has 0 bridgehead atoms. The fourth-order valence-electron chi connectivity index (χ4n) is 2.43. The van der Waals surface area contributed by atoms with Crippen LogP contribution in [-0.4, -0.2) is 42.9 Å². The zero-order valence-corrected chi connectivity index (χ0v) is 13.5. The molecule has 3 rings (SSSR count). The summed E-state index contributed by atoms with van der Waals surface area (Å²) in [6, 6.07) is 7.66. The molecule has 0 spiro atoms. The molecule has 114 valence electrons. The van der Waals surface area contributed by atoms with E-state index in [1.54, 1.807) is 18.2 Å². The summed E-state index contributed by atoms with van der Waals surface area (Å²) in [4.78, 5) is 24.4. The lowest BCUT2D eigenvalue weighted by Crippen LogP contribution is -2.33. The Bertz CT molecular complexity index is 935. The Morgan fingerprint density at radius 2 is 1.68 bits per heavy atom. The molecule has 0 saturated carbocycles. The second-order valence-corrected chi connectivity index (χ2v) is 7.64. The Hall–Kier alpha value is -1.90. The third-order valence-corrected chi connectivity index (χ3v) is 5.73. The van der Waals surface area contributed by atoms with Crippen LogP contribution in [0.3, 0.4) is 0 Å². The number of carbonyl (C=O) groups excluding carboxylic acids is 2. The van der Waals surface area contributed by atoms with Gasteiger partial charge >= 0.3 is 0 Å². The molecule has 1 aliphatic heterocycles. The van der Waals surface area contributed by atoms with Crippen LogP contribution in [0, 0.1) is 0 Å². The van der Waals surface area contributed by atoms with Gasteiger partial charge in [0.15, 0.2) is 0 Å². The maximum absolute atomic E-state index is 12.3. The Balaban J connectivity index is 2.43. The summed E-state index contributed by atoms with van der Waals surface area (Å²) >= 11 is 3.90. The van der Waals surface area contributed by atoms with Crippen molar-refractivity contribution in [3.05, 3.63) is 41.5 Å². The molecule has 0 atom stereocenters. The smallest absolute Gasteiger partial charge is 0.268 e. The van der Waals surface area contributed by atoms with Crippen LogP contribution in [0.2, 0.25) is 0 Å². The standard InChI is InChI=1S/C14H12N2O4S2/c1-15(2)22(19,20)9-6-8-4-3-5-10-12(8)11(7-9)14(18)16(21)13(10)17/h3-7,21H,1-2H3. The maximum atomic E-state index is 12.3. The van der Waals surface area contributed by atoms with Crippen LogP contribution in [0.5, 0.6) is 0 Å². The van der Waals surface area contributed by atoms with Crippen molar-refractivity contribution in [3.8, 4) is 0 Å². The van der Waals surface area contributed by atoms with Crippen molar-refractivity contribution >= 4 is 45.4 Å². The van der Waals surface area contributed by atoms with Crippen LogP contribution in [0.4, 0.5) is 0 Å². The molecule has 2 aromatic carbocycles. The third kappa shape index (κ3) is 1.95. The highest BCUT2D eigenvalue weighted by atomic mass is 32.2. The van der Waals surface area contributed by atoms with E-state index >= 15 is 0 Å². The number of hydrogen-bond acceptors (Lipinski definition) is 5. The van der Waals surface area contributed by atoms with Gasteiger partial charge in [0.05, 0.1) is 10.5 Å². The summed E-state index contributed by atoms with van der Waals surface area (Å²) in [6.07, 6.45) is 0. The van der Waals surface area contributed by atoms with Crippen LogP contribution in [-0.2, 0) is 10.0 Å². The molecular weight excluding hydrogens is 324 g/mol. The van der Waals surface area contributed by atoms with Gasteiger partial charge in [-0.3, -0.25) is 9.59 Å². The SMILES string of the molecule is CN(C)S(=O)(=O)c1cc2c3c(cccc3c1)C(=O)N(S)C2=O. The predicted molar refractivity (Wildman–Crippen MR) is 84.3 cm³/mol. The molecule has 22 heavy (non-hydrogen) atoms. The maximum Gasteiger partial charge on any atom is 0.271 e. The molecule has 0 radical (unpaired) electrons. The van der Waals surface area contributed by atoms with Gasteiger partial charge in [0.1, 0.15) is 0 Å². The van der Waals surface area contributed by atoms with E-state index in [9.17, 15) is 18.0 Å². The number of nitrogens with zero attached hydrogens (tertiary/aromatic N) is 2. The molecule has 2 aromatic rings. The summed E-state index contributed by atoms with van der Waals surface area (Å²) in [7, 11) is -0.863. The van der Waals surface area contributed by atoms with Gasteiger partial charge in [0.2, 0.25) is 10.0 Å². The second-order valence-electron chi connectivity index (χ2n) is 5.08. The van der Waals surface area contributed by atoms with E-state index in [2.05, 4.69) is 12.8 Å². The summed E-state index contributed by atoms with van der Waals surface area (Å²) in [5, 5.41) is 0.985. The topological polar surface area (TPSA) is 74.8 Å². The van der Waals surface area contributed by atoms with Crippen LogP contribution >= 0.6 is 12.8 Å². The number of hydrogen-bond donors (Lipinski definition) is 1. The molecular formula is C14H12N2O4S2. The first kappa shape index (κ1) is 15.0. The highest BCUT2D eigenvalue weighted by molar-refractivity contribution is 7.89. The van der Waals surface area contributed by atoms with Gasteiger partial charge in [-0.15, -0.1) is 0 Å². The Morgan fingerprint density at radius 3 is 2.32 bits per heavy atom. The minimum absolute atomic E-state index is 0.00147. The van der Waals surface area contributed by atoms with E-state index in [4.69, 9.17) is 0 Å². The summed E-state index contributed by atoms with van der Waals surface area (Å²) in [5.74, 6) is -1.15. The molecule has 0 aliphatic carbocycles. The van der Waals surface area contributed by atoms with Crippen molar-refractivity contribution in [2.75, 3.05) is 14.1 Å². The zero-order valence-electron chi connectivity index (χ0n) is 11.8. The van der Waals surface area contributed by atoms with Crippen LogP contribution in [0.15, 0.2) is 35.2 Å². The van der Waals surface area contributed by atoms with Gasteiger partial charge in [-0.05, 0) is 23.6 Å². The number of amides is 2. The molecule has 0 unspecified atom stereocenters. The molecule has 8 heteroatoms. The van der Waals surface area contributed by atoms with E-state index in [-0.39, 0.29) is 10.5 Å². The number of benzene rings is 2. The van der Waals surface area contributed by atoms with Gasteiger partial charge in [-0.1, -0.05) is 24.9 Å². The fourth-order valence-corrected chi connectivity index (χ4v) is 3.61. The molecule has 0 fully saturated rings. The number of thiol groups is 1. The van der Waals surface area contributed by atoms with E-state index in [1.807, 2.05) is 0 Å². The Morgan fingerprint density at radius 1 is 1.05 bits per heavy atom. The minimum atomic E-state index is -3.69. The first-order valence-corrected chi connectivity index (χ1v) is 8.16. The molecule has 1 aliphatic rings. The molecule has 0 N–H and O–H groups in total. The first-order valence-electron chi connectivity index (χ1n) is 6.32. The third-order valence-electron chi connectivity index (χ3n) is 3.57. The number of sulfonamides is 1. The molecule has 1 heterocycles. The van der Waals surface area contributed by atoms with E-state index in [0.717, 1.165) is 4.31 Å². The normalized spacial score (nSPS) is 15.0. The summed E-state index contributed by atoms with van der Waals surface area (Å²) < 4.78 is 26.4. The van der Waals surface area contributed by atoms with Crippen molar-refractivity contribution < 1.29 is 18.0 Å². The van der Waals surface area contributed by atoms with Crippen LogP contribution in [0.1, 0.15) is 20.7 Å². The first-order chi connectivity index (χ1) is 10.2. The molecule has 2 amide bonds. The van der Waals surface area contributed by atoms with Crippen molar-refractivity contribution in [1.29, 1.82) is 0 Å². The lowest BCUT2D eigenvalue weighted by molar-refractivity contribution is 0.0740. The van der Waals surface area contributed by atoms with Gasteiger partial charge in [0, 0.05) is 25.0 Å². The van der Waals surface area contributed by atoms with E-state index in [1.165, 1.54) is 26.2 Å². The van der Waals surface area contributed by atoms with Gasteiger partial charge in [-0.2, -0.15) is 0 Å². The number of carbonyl (C=O) groups is 2. The fraction of sp³-hybridized carbons (Fsp3) is 0.143. The summed E-state index contributed by atoms with van der Waals surface area (Å²) in [5.41, 5.74) is 0.485. The summed E-state index contributed by atoms with van der Waals surface area (Å²) in [6.45, 7) is 0. The zero-order chi connectivity index (χ0) is 16.2. The van der Waals surface area contributed by atoms with Crippen molar-refractivity contribution in [2.24, 2.45) is 0 Å². The average Bonchev–Trinajstić information content (AvgIpc) is 2.49. The largest absolute Gasteiger partial charge is 0.271 e. The number of rotatable bonds is 2. The highest BCUT2D eigenvalue weighted by Crippen LogP contribution is 2.33. The van der Waals surface area contributed by atoms with Crippen molar-refractivity contribution in [1.82, 2.24) is 8.61 Å². The van der Waals surface area contributed by atoms with Crippen LogP contribution < -0.4 is 0 Å². The lowest BCUT2D eigenvalue weighted by Gasteiger charge is -2.23. The van der Waals surface area contributed by atoms with Gasteiger partial charge in [-0.25, -0.2) is 17.0 Å². The van der Waals surface area contributed by atoms with E-state index in [0.29, 0.717) is 20.6 Å². The Kier molecular flexibility index (Phi) is 3.28. The average molecular weight is 336 g/mol. The highest BCUT2D eigenvalue weighted by Gasteiger charge is 2.32. The quantitative estimate of drug-likeness (QED) is 0.667. The minimum Gasteiger partial charge on any atom is -0.268 e. The monoisotopic (exact) mass is 336 g/mol. The predicted octanol–water partition coefficient (Wildman–Crippen LogP) is 1.53.